The lowest BCUT2D eigenvalue weighted by atomic mass is 10.0. The van der Waals surface area contributed by atoms with Gasteiger partial charge in [-0.25, -0.2) is 0 Å². The Bertz CT molecular complexity index is 792. The van der Waals surface area contributed by atoms with Crippen molar-refractivity contribution < 1.29 is 28.6 Å². The molecule has 0 aliphatic carbocycles. The summed E-state index contributed by atoms with van der Waals surface area (Å²) in [5.41, 5.74) is 0. The molecule has 6 nitrogen and oxygen atoms in total. The summed E-state index contributed by atoms with van der Waals surface area (Å²) < 4.78 is 16.7. The Morgan fingerprint density at radius 3 is 0.843 bits per heavy atom. The highest BCUT2D eigenvalue weighted by molar-refractivity contribution is 5.71. The lowest BCUT2D eigenvalue weighted by Crippen LogP contribution is -2.30. The van der Waals surface area contributed by atoms with Crippen molar-refractivity contribution in [2.45, 2.75) is 240 Å². The monoisotopic (exact) mass is 723 g/mol. The summed E-state index contributed by atoms with van der Waals surface area (Å²) >= 11 is 0. The molecule has 0 aliphatic rings. The van der Waals surface area contributed by atoms with Crippen LogP contribution in [0.1, 0.15) is 234 Å². The minimum absolute atomic E-state index is 0.0673. The first-order chi connectivity index (χ1) is 24.6. The van der Waals surface area contributed by atoms with E-state index in [9.17, 15) is 14.4 Å². The van der Waals surface area contributed by atoms with E-state index < -0.39 is 6.10 Å². The lowest BCUT2D eigenvalue weighted by molar-refractivity contribution is -0.167. The molecule has 0 heterocycles. The Balaban J connectivity index is 4.35. The molecule has 0 aliphatic heterocycles. The highest BCUT2D eigenvalue weighted by atomic mass is 16.6. The first-order valence-electron chi connectivity index (χ1n) is 22.1. The second-order valence-corrected chi connectivity index (χ2v) is 16.8. The van der Waals surface area contributed by atoms with E-state index in [2.05, 4.69) is 41.5 Å². The summed E-state index contributed by atoms with van der Waals surface area (Å²) in [5.74, 6) is 1.51. The normalized spacial score (nSPS) is 12.2. The summed E-state index contributed by atoms with van der Waals surface area (Å²) in [6, 6.07) is 0. The van der Waals surface area contributed by atoms with E-state index in [1.807, 2.05) is 0 Å². The van der Waals surface area contributed by atoms with Gasteiger partial charge in [-0.15, -0.1) is 0 Å². The van der Waals surface area contributed by atoms with Gasteiger partial charge in [0.05, 0.1) is 0 Å². The van der Waals surface area contributed by atoms with Gasteiger partial charge < -0.3 is 14.2 Å². The van der Waals surface area contributed by atoms with Crippen molar-refractivity contribution in [1.29, 1.82) is 0 Å². The fourth-order valence-electron chi connectivity index (χ4n) is 6.52. The fraction of sp³-hybridized carbons (Fsp3) is 0.933. The molecule has 51 heavy (non-hydrogen) atoms. The molecule has 0 aromatic heterocycles. The number of carbonyl (C=O) groups is 3. The van der Waals surface area contributed by atoms with E-state index >= 15 is 0 Å². The van der Waals surface area contributed by atoms with Gasteiger partial charge in [0.15, 0.2) is 6.10 Å². The molecule has 0 aromatic carbocycles. The molecule has 1 atom stereocenters. The van der Waals surface area contributed by atoms with Crippen molar-refractivity contribution in [3.8, 4) is 0 Å². The van der Waals surface area contributed by atoms with Crippen LogP contribution in [0.4, 0.5) is 0 Å². The van der Waals surface area contributed by atoms with Crippen LogP contribution in [0.3, 0.4) is 0 Å². The molecule has 0 rings (SSSR count). The highest BCUT2D eigenvalue weighted by Crippen LogP contribution is 2.16. The SMILES string of the molecule is CC(C)CCCCCCCCCCCC(=O)OC[C@H](COC(=O)CCCCCCCCCCC(C)C)OC(=O)CCCCCCCCCC(C)C. The molecule has 0 unspecified atom stereocenters. The maximum absolute atomic E-state index is 12.7. The van der Waals surface area contributed by atoms with E-state index in [0.29, 0.717) is 19.3 Å². The van der Waals surface area contributed by atoms with Crippen molar-refractivity contribution >= 4 is 17.9 Å². The van der Waals surface area contributed by atoms with Gasteiger partial charge in [-0.3, -0.25) is 14.4 Å². The molecule has 0 radical (unpaired) electrons. The number of hydrogen-bond acceptors (Lipinski definition) is 6. The third-order valence-electron chi connectivity index (χ3n) is 9.90. The summed E-state index contributed by atoms with van der Waals surface area (Å²) in [5, 5.41) is 0. The predicted molar refractivity (Wildman–Crippen MR) is 215 cm³/mol. The van der Waals surface area contributed by atoms with Gasteiger partial charge in [0.1, 0.15) is 13.2 Å². The number of rotatable bonds is 38. The second kappa shape index (κ2) is 36.8. The van der Waals surface area contributed by atoms with E-state index in [0.717, 1.165) is 75.5 Å². The maximum Gasteiger partial charge on any atom is 0.306 e. The van der Waals surface area contributed by atoms with E-state index in [-0.39, 0.29) is 31.1 Å². The molecule has 302 valence electrons. The summed E-state index contributed by atoms with van der Waals surface area (Å²) in [4.78, 5) is 37.6. The number of esters is 3. The Hall–Kier alpha value is -1.59. The minimum Gasteiger partial charge on any atom is -0.462 e. The third kappa shape index (κ3) is 39.5. The Kier molecular flexibility index (Phi) is 35.6. The average molecular weight is 723 g/mol. The third-order valence-corrected chi connectivity index (χ3v) is 9.90. The minimum atomic E-state index is -0.761. The van der Waals surface area contributed by atoms with Crippen LogP contribution in [-0.2, 0) is 28.6 Å². The van der Waals surface area contributed by atoms with Gasteiger partial charge in [-0.1, -0.05) is 196 Å². The van der Waals surface area contributed by atoms with Gasteiger partial charge >= 0.3 is 17.9 Å². The molecule has 0 N–H and O–H groups in total. The zero-order valence-corrected chi connectivity index (χ0v) is 34.9. The molecule has 6 heteroatoms. The first-order valence-corrected chi connectivity index (χ1v) is 22.1. The molecule has 0 saturated carbocycles. The van der Waals surface area contributed by atoms with Crippen LogP contribution in [-0.4, -0.2) is 37.2 Å². The summed E-state index contributed by atoms with van der Waals surface area (Å²) in [6.45, 7) is 13.6. The molecular formula is C45H86O6. The van der Waals surface area contributed by atoms with Crippen LogP contribution in [0, 0.1) is 17.8 Å². The van der Waals surface area contributed by atoms with Crippen LogP contribution < -0.4 is 0 Å². The Morgan fingerprint density at radius 2 is 0.569 bits per heavy atom. The van der Waals surface area contributed by atoms with Crippen molar-refractivity contribution in [2.24, 2.45) is 17.8 Å². The van der Waals surface area contributed by atoms with Gasteiger partial charge in [0.25, 0.3) is 0 Å². The van der Waals surface area contributed by atoms with Crippen LogP contribution in [0.25, 0.3) is 0 Å². The van der Waals surface area contributed by atoms with Crippen molar-refractivity contribution in [1.82, 2.24) is 0 Å². The van der Waals surface area contributed by atoms with Crippen molar-refractivity contribution in [3.63, 3.8) is 0 Å². The van der Waals surface area contributed by atoms with Crippen LogP contribution >= 0.6 is 0 Å². The van der Waals surface area contributed by atoms with E-state index in [4.69, 9.17) is 14.2 Å². The molecular weight excluding hydrogens is 636 g/mol. The van der Waals surface area contributed by atoms with Gasteiger partial charge in [0, 0.05) is 19.3 Å². The quantitative estimate of drug-likeness (QED) is 0.0359. The Morgan fingerprint density at radius 1 is 0.333 bits per heavy atom. The largest absolute Gasteiger partial charge is 0.462 e. The summed E-state index contributed by atoms with van der Waals surface area (Å²) in [7, 11) is 0. The predicted octanol–water partition coefficient (Wildman–Crippen LogP) is 13.7. The standard InChI is InChI=1S/C45H86O6/c1-39(2)31-25-19-13-8-7-9-16-22-28-34-43(46)49-37-42(51-45(48)36-30-24-18-12-15-21-27-33-41(5)6)38-50-44(47)35-29-23-17-11-10-14-20-26-32-40(3)4/h39-42H,7-38H2,1-6H3/t42-/m1/s1. The van der Waals surface area contributed by atoms with Crippen LogP contribution in [0.2, 0.25) is 0 Å². The topological polar surface area (TPSA) is 78.9 Å². The number of unbranched alkanes of at least 4 members (excludes halogenated alkanes) is 21. The van der Waals surface area contributed by atoms with Crippen molar-refractivity contribution in [3.05, 3.63) is 0 Å². The Labute approximate surface area is 317 Å². The van der Waals surface area contributed by atoms with Crippen LogP contribution in [0.15, 0.2) is 0 Å². The van der Waals surface area contributed by atoms with Gasteiger partial charge in [-0.05, 0) is 37.0 Å². The number of hydrogen-bond donors (Lipinski definition) is 0. The van der Waals surface area contributed by atoms with Crippen LogP contribution in [0.5, 0.6) is 0 Å². The zero-order valence-electron chi connectivity index (χ0n) is 34.9. The molecule has 0 saturated heterocycles. The van der Waals surface area contributed by atoms with Gasteiger partial charge in [-0.2, -0.15) is 0 Å². The average Bonchev–Trinajstić information content (AvgIpc) is 3.07. The number of carbonyl (C=O) groups excluding carboxylic acids is 3. The first kappa shape index (κ1) is 49.4. The zero-order chi connectivity index (χ0) is 37.8. The summed E-state index contributed by atoms with van der Waals surface area (Å²) in [6.07, 6.45) is 32.5. The smallest absolute Gasteiger partial charge is 0.306 e. The molecule has 0 spiro atoms. The maximum atomic E-state index is 12.7. The second-order valence-electron chi connectivity index (χ2n) is 16.8. The highest BCUT2D eigenvalue weighted by Gasteiger charge is 2.19. The lowest BCUT2D eigenvalue weighted by Gasteiger charge is -2.18. The van der Waals surface area contributed by atoms with E-state index in [1.165, 1.54) is 116 Å². The van der Waals surface area contributed by atoms with Gasteiger partial charge in [0.2, 0.25) is 0 Å². The molecule has 0 aromatic rings. The van der Waals surface area contributed by atoms with E-state index in [1.54, 1.807) is 0 Å². The molecule has 0 fully saturated rings. The number of ether oxygens (including phenoxy) is 3. The molecule has 0 amide bonds. The van der Waals surface area contributed by atoms with Crippen molar-refractivity contribution in [2.75, 3.05) is 13.2 Å². The fourth-order valence-corrected chi connectivity index (χ4v) is 6.52. The molecule has 0 bridgehead atoms.